The van der Waals surface area contributed by atoms with Crippen LogP contribution in [0.1, 0.15) is 69.2 Å². The topological polar surface area (TPSA) is 12.0 Å². The minimum absolute atomic E-state index is 0.458. The molecule has 0 spiro atoms. The Bertz CT molecular complexity index is 433. The second-order valence-corrected chi connectivity index (χ2v) is 7.21. The minimum atomic E-state index is 0.458. The van der Waals surface area contributed by atoms with Crippen molar-refractivity contribution in [3.8, 4) is 0 Å². The van der Waals surface area contributed by atoms with Crippen molar-refractivity contribution in [2.24, 2.45) is 5.41 Å². The molecule has 1 N–H and O–H groups in total. The molecule has 0 amide bonds. The Labute approximate surface area is 118 Å². The van der Waals surface area contributed by atoms with Gasteiger partial charge in [0.1, 0.15) is 0 Å². The summed E-state index contributed by atoms with van der Waals surface area (Å²) in [6.45, 7) is 11.5. The molecule has 1 nitrogen and oxygen atoms in total. The summed E-state index contributed by atoms with van der Waals surface area (Å²) in [6.07, 6.45) is 5.38. The van der Waals surface area contributed by atoms with Crippen molar-refractivity contribution in [1.82, 2.24) is 5.32 Å². The molecule has 2 rings (SSSR count). The van der Waals surface area contributed by atoms with Crippen LogP contribution in [0.4, 0.5) is 0 Å². The van der Waals surface area contributed by atoms with Gasteiger partial charge in [-0.05, 0) is 56.6 Å². The van der Waals surface area contributed by atoms with Crippen LogP contribution >= 0.6 is 0 Å². The SMILES string of the molecule is Cc1ccc(C(C)NC2CCCC(C)(C)C2)c(C)c1. The van der Waals surface area contributed by atoms with E-state index >= 15 is 0 Å². The van der Waals surface area contributed by atoms with E-state index in [0.717, 1.165) is 0 Å². The zero-order valence-corrected chi connectivity index (χ0v) is 13.2. The molecule has 2 atom stereocenters. The van der Waals surface area contributed by atoms with Gasteiger partial charge < -0.3 is 5.32 Å². The third kappa shape index (κ3) is 3.82. The van der Waals surface area contributed by atoms with Gasteiger partial charge in [-0.3, -0.25) is 0 Å². The molecule has 0 heterocycles. The molecule has 19 heavy (non-hydrogen) atoms. The van der Waals surface area contributed by atoms with E-state index in [9.17, 15) is 0 Å². The Morgan fingerprint density at radius 1 is 1.26 bits per heavy atom. The number of benzene rings is 1. The van der Waals surface area contributed by atoms with Crippen LogP contribution in [0.25, 0.3) is 0 Å². The Morgan fingerprint density at radius 2 is 2.00 bits per heavy atom. The average molecular weight is 259 g/mol. The van der Waals surface area contributed by atoms with Gasteiger partial charge in [-0.25, -0.2) is 0 Å². The van der Waals surface area contributed by atoms with Crippen LogP contribution in [0.5, 0.6) is 0 Å². The number of nitrogens with one attached hydrogen (secondary N) is 1. The highest BCUT2D eigenvalue weighted by atomic mass is 14.9. The van der Waals surface area contributed by atoms with Gasteiger partial charge in [0, 0.05) is 12.1 Å². The van der Waals surface area contributed by atoms with Crippen molar-refractivity contribution < 1.29 is 0 Å². The van der Waals surface area contributed by atoms with Gasteiger partial charge in [0.15, 0.2) is 0 Å². The van der Waals surface area contributed by atoms with Crippen LogP contribution in [0.2, 0.25) is 0 Å². The second-order valence-electron chi connectivity index (χ2n) is 7.21. The van der Waals surface area contributed by atoms with E-state index in [4.69, 9.17) is 0 Å². The normalized spacial score (nSPS) is 24.2. The predicted octanol–water partition coefficient (Wildman–Crippen LogP) is 4.92. The van der Waals surface area contributed by atoms with Crippen LogP contribution in [0.3, 0.4) is 0 Å². The molecule has 0 saturated heterocycles. The fourth-order valence-electron chi connectivity index (χ4n) is 3.60. The highest BCUT2D eigenvalue weighted by molar-refractivity contribution is 5.32. The summed E-state index contributed by atoms with van der Waals surface area (Å²) in [4.78, 5) is 0. The summed E-state index contributed by atoms with van der Waals surface area (Å²) in [5.74, 6) is 0. The van der Waals surface area contributed by atoms with E-state index in [1.165, 1.54) is 42.4 Å². The third-order valence-corrected chi connectivity index (χ3v) is 4.58. The van der Waals surface area contributed by atoms with Gasteiger partial charge in [-0.2, -0.15) is 0 Å². The smallest absolute Gasteiger partial charge is 0.0296 e. The number of hydrogen-bond donors (Lipinski definition) is 1. The van der Waals surface area contributed by atoms with E-state index in [1.807, 2.05) is 0 Å². The largest absolute Gasteiger partial charge is 0.307 e. The van der Waals surface area contributed by atoms with Gasteiger partial charge in [-0.15, -0.1) is 0 Å². The zero-order chi connectivity index (χ0) is 14.0. The summed E-state index contributed by atoms with van der Waals surface area (Å²) < 4.78 is 0. The summed E-state index contributed by atoms with van der Waals surface area (Å²) in [5, 5.41) is 3.85. The molecule has 2 unspecified atom stereocenters. The van der Waals surface area contributed by atoms with Crippen LogP contribution < -0.4 is 5.32 Å². The number of rotatable bonds is 3. The van der Waals surface area contributed by atoms with Gasteiger partial charge in [0.2, 0.25) is 0 Å². The molecular weight excluding hydrogens is 230 g/mol. The number of hydrogen-bond acceptors (Lipinski definition) is 1. The molecule has 0 bridgehead atoms. The fraction of sp³-hybridized carbons (Fsp3) is 0.667. The standard InChI is InChI=1S/C18H29N/c1-13-8-9-17(14(2)11-13)15(3)19-16-7-6-10-18(4,5)12-16/h8-9,11,15-16,19H,6-7,10,12H2,1-5H3. The maximum absolute atomic E-state index is 3.85. The van der Waals surface area contributed by atoms with Crippen molar-refractivity contribution in [1.29, 1.82) is 0 Å². The molecule has 0 radical (unpaired) electrons. The highest BCUT2D eigenvalue weighted by Gasteiger charge is 2.28. The summed E-state index contributed by atoms with van der Waals surface area (Å²) in [5.41, 5.74) is 4.73. The molecular formula is C18H29N. The van der Waals surface area contributed by atoms with E-state index in [1.54, 1.807) is 0 Å². The highest BCUT2D eigenvalue weighted by Crippen LogP contribution is 2.36. The monoisotopic (exact) mass is 259 g/mol. The van der Waals surface area contributed by atoms with Gasteiger partial charge >= 0.3 is 0 Å². The first-order chi connectivity index (χ1) is 8.87. The molecule has 1 aromatic carbocycles. The van der Waals surface area contributed by atoms with Gasteiger partial charge in [-0.1, -0.05) is 44.0 Å². The molecule has 1 heteroatoms. The van der Waals surface area contributed by atoms with Crippen LogP contribution in [0, 0.1) is 19.3 Å². The lowest BCUT2D eigenvalue weighted by Crippen LogP contribution is -2.38. The molecule has 1 saturated carbocycles. The molecule has 106 valence electrons. The second kappa shape index (κ2) is 5.66. The maximum Gasteiger partial charge on any atom is 0.0296 e. The van der Waals surface area contributed by atoms with Crippen molar-refractivity contribution in [2.45, 2.75) is 72.4 Å². The average Bonchev–Trinajstić information content (AvgIpc) is 2.27. The molecule has 1 fully saturated rings. The maximum atomic E-state index is 3.85. The van der Waals surface area contributed by atoms with Crippen molar-refractivity contribution in [3.63, 3.8) is 0 Å². The van der Waals surface area contributed by atoms with Crippen LogP contribution in [-0.2, 0) is 0 Å². The van der Waals surface area contributed by atoms with Gasteiger partial charge in [0.25, 0.3) is 0 Å². The Balaban J connectivity index is 2.02. The molecule has 0 aliphatic heterocycles. The lowest BCUT2D eigenvalue weighted by molar-refractivity contribution is 0.191. The first-order valence-corrected chi connectivity index (χ1v) is 7.71. The Kier molecular flexibility index (Phi) is 4.35. The van der Waals surface area contributed by atoms with E-state index in [0.29, 0.717) is 17.5 Å². The van der Waals surface area contributed by atoms with Crippen LogP contribution in [-0.4, -0.2) is 6.04 Å². The minimum Gasteiger partial charge on any atom is -0.307 e. The molecule has 1 aliphatic rings. The van der Waals surface area contributed by atoms with Crippen LogP contribution in [0.15, 0.2) is 18.2 Å². The molecule has 0 aromatic heterocycles. The third-order valence-electron chi connectivity index (χ3n) is 4.58. The predicted molar refractivity (Wildman–Crippen MR) is 83.5 cm³/mol. The quantitative estimate of drug-likeness (QED) is 0.812. The van der Waals surface area contributed by atoms with Gasteiger partial charge in [0.05, 0.1) is 0 Å². The summed E-state index contributed by atoms with van der Waals surface area (Å²) in [7, 11) is 0. The summed E-state index contributed by atoms with van der Waals surface area (Å²) in [6, 6.07) is 7.94. The Hall–Kier alpha value is -0.820. The fourth-order valence-corrected chi connectivity index (χ4v) is 3.60. The molecule has 1 aliphatic carbocycles. The van der Waals surface area contributed by atoms with Crippen molar-refractivity contribution in [2.75, 3.05) is 0 Å². The lowest BCUT2D eigenvalue weighted by atomic mass is 9.75. The van der Waals surface area contributed by atoms with E-state index in [2.05, 4.69) is 58.1 Å². The van der Waals surface area contributed by atoms with Crippen molar-refractivity contribution in [3.05, 3.63) is 34.9 Å². The first-order valence-electron chi connectivity index (χ1n) is 7.71. The summed E-state index contributed by atoms with van der Waals surface area (Å²) >= 11 is 0. The lowest BCUT2D eigenvalue weighted by Gasteiger charge is -2.37. The zero-order valence-electron chi connectivity index (χ0n) is 13.2. The van der Waals surface area contributed by atoms with Crippen molar-refractivity contribution >= 4 is 0 Å². The first kappa shape index (κ1) is 14.6. The number of aryl methyl sites for hydroxylation is 2. The Morgan fingerprint density at radius 3 is 2.63 bits per heavy atom. The molecule has 1 aromatic rings. The van der Waals surface area contributed by atoms with E-state index in [-0.39, 0.29) is 0 Å². The van der Waals surface area contributed by atoms with E-state index < -0.39 is 0 Å².